The Morgan fingerprint density at radius 2 is 2.00 bits per heavy atom. The van der Waals surface area contributed by atoms with Gasteiger partial charge in [-0.15, -0.1) is 0 Å². The predicted molar refractivity (Wildman–Crippen MR) is 70.8 cm³/mol. The molecule has 1 N–H and O–H groups in total. The third-order valence-electron chi connectivity index (χ3n) is 3.18. The molecule has 2 rings (SSSR count). The number of rotatable bonds is 4. The normalized spacial score (nSPS) is 17.7. The standard InChI is InChI=1S/C13H14Cl2O3/c14-10-5-9(7-16)12(11(15)6-10)18-8-13(17)3-1-2-4-13/h5-7,17H,1-4,8H2. The number of hydrogen-bond acceptors (Lipinski definition) is 3. The Morgan fingerprint density at radius 3 is 2.61 bits per heavy atom. The van der Waals surface area contributed by atoms with E-state index in [1.165, 1.54) is 12.1 Å². The van der Waals surface area contributed by atoms with Crippen LogP contribution in [0.5, 0.6) is 5.75 Å². The molecule has 0 aliphatic heterocycles. The number of halogens is 2. The van der Waals surface area contributed by atoms with Gasteiger partial charge in [0.2, 0.25) is 0 Å². The molecule has 1 saturated carbocycles. The van der Waals surface area contributed by atoms with E-state index in [9.17, 15) is 9.90 Å². The van der Waals surface area contributed by atoms with Crippen LogP contribution in [-0.2, 0) is 0 Å². The summed E-state index contributed by atoms with van der Waals surface area (Å²) >= 11 is 11.8. The molecule has 3 nitrogen and oxygen atoms in total. The van der Waals surface area contributed by atoms with E-state index in [0.717, 1.165) is 12.8 Å². The Morgan fingerprint density at radius 1 is 1.33 bits per heavy atom. The average molecular weight is 289 g/mol. The van der Waals surface area contributed by atoms with Crippen molar-refractivity contribution in [3.63, 3.8) is 0 Å². The zero-order valence-electron chi connectivity index (χ0n) is 9.79. The highest BCUT2D eigenvalue weighted by molar-refractivity contribution is 6.36. The fraction of sp³-hybridized carbons (Fsp3) is 0.462. The third-order valence-corrected chi connectivity index (χ3v) is 3.68. The third kappa shape index (κ3) is 2.97. The molecule has 5 heteroatoms. The summed E-state index contributed by atoms with van der Waals surface area (Å²) in [4.78, 5) is 10.9. The number of carbonyl (C=O) groups is 1. The molecule has 0 atom stereocenters. The zero-order valence-corrected chi connectivity index (χ0v) is 11.3. The second-order valence-electron chi connectivity index (χ2n) is 4.64. The molecule has 0 heterocycles. The minimum absolute atomic E-state index is 0.148. The molecular weight excluding hydrogens is 275 g/mol. The van der Waals surface area contributed by atoms with Crippen LogP contribution in [0.2, 0.25) is 10.0 Å². The van der Waals surface area contributed by atoms with Crippen molar-refractivity contribution in [2.75, 3.05) is 6.61 Å². The smallest absolute Gasteiger partial charge is 0.153 e. The van der Waals surface area contributed by atoms with Crippen LogP contribution in [0.1, 0.15) is 36.0 Å². The predicted octanol–water partition coefficient (Wildman–Crippen LogP) is 3.49. The molecule has 1 aliphatic carbocycles. The molecule has 0 radical (unpaired) electrons. The largest absolute Gasteiger partial charge is 0.488 e. The van der Waals surface area contributed by atoms with Crippen LogP contribution in [0, 0.1) is 0 Å². The quantitative estimate of drug-likeness (QED) is 0.863. The van der Waals surface area contributed by atoms with Gasteiger partial charge in [0.15, 0.2) is 6.29 Å². The molecule has 0 bridgehead atoms. The number of ether oxygens (including phenoxy) is 1. The number of carbonyl (C=O) groups excluding carboxylic acids is 1. The number of hydrogen-bond donors (Lipinski definition) is 1. The van der Waals surface area contributed by atoms with Gasteiger partial charge in [0.05, 0.1) is 16.2 Å². The van der Waals surface area contributed by atoms with Crippen LogP contribution in [0.3, 0.4) is 0 Å². The lowest BCUT2D eigenvalue weighted by Crippen LogP contribution is -2.32. The maximum Gasteiger partial charge on any atom is 0.153 e. The van der Waals surface area contributed by atoms with Gasteiger partial charge in [-0.1, -0.05) is 36.0 Å². The van der Waals surface area contributed by atoms with Crippen LogP contribution in [0.15, 0.2) is 12.1 Å². The highest BCUT2D eigenvalue weighted by Gasteiger charge is 2.32. The van der Waals surface area contributed by atoms with Crippen molar-refractivity contribution in [1.29, 1.82) is 0 Å². The maximum atomic E-state index is 10.9. The van der Waals surface area contributed by atoms with Crippen LogP contribution in [0.4, 0.5) is 0 Å². The Balaban J connectivity index is 2.16. The van der Waals surface area contributed by atoms with Crippen molar-refractivity contribution in [2.45, 2.75) is 31.3 Å². The highest BCUT2D eigenvalue weighted by atomic mass is 35.5. The van der Waals surface area contributed by atoms with Gasteiger partial charge in [-0.25, -0.2) is 0 Å². The molecule has 1 aromatic rings. The van der Waals surface area contributed by atoms with E-state index in [1.807, 2.05) is 0 Å². The minimum atomic E-state index is -0.802. The number of aliphatic hydroxyl groups is 1. The van der Waals surface area contributed by atoms with Gasteiger partial charge in [-0.3, -0.25) is 4.79 Å². The van der Waals surface area contributed by atoms with Gasteiger partial charge >= 0.3 is 0 Å². The molecule has 0 spiro atoms. The maximum absolute atomic E-state index is 10.9. The summed E-state index contributed by atoms with van der Waals surface area (Å²) in [6, 6.07) is 3.01. The van der Waals surface area contributed by atoms with Crippen molar-refractivity contribution >= 4 is 29.5 Å². The van der Waals surface area contributed by atoms with Gasteiger partial charge in [-0.05, 0) is 25.0 Å². The van der Waals surface area contributed by atoms with E-state index in [1.54, 1.807) is 0 Å². The summed E-state index contributed by atoms with van der Waals surface area (Å²) in [6.07, 6.45) is 4.07. The summed E-state index contributed by atoms with van der Waals surface area (Å²) in [5.74, 6) is 0.288. The van der Waals surface area contributed by atoms with Gasteiger partial charge in [-0.2, -0.15) is 0 Å². The first-order valence-electron chi connectivity index (χ1n) is 5.83. The number of benzene rings is 1. The average Bonchev–Trinajstić information content (AvgIpc) is 2.74. The lowest BCUT2D eigenvalue weighted by Gasteiger charge is -2.23. The molecule has 0 aromatic heterocycles. The minimum Gasteiger partial charge on any atom is -0.488 e. The first-order valence-corrected chi connectivity index (χ1v) is 6.59. The van der Waals surface area contributed by atoms with Crippen molar-refractivity contribution in [2.24, 2.45) is 0 Å². The second kappa shape index (κ2) is 5.47. The van der Waals surface area contributed by atoms with Gasteiger partial charge in [0, 0.05) is 5.02 Å². The van der Waals surface area contributed by atoms with E-state index >= 15 is 0 Å². The van der Waals surface area contributed by atoms with Gasteiger partial charge < -0.3 is 9.84 Å². The molecule has 18 heavy (non-hydrogen) atoms. The molecule has 0 saturated heterocycles. The summed E-state index contributed by atoms with van der Waals surface area (Å²) in [5.41, 5.74) is -0.502. The summed E-state index contributed by atoms with van der Waals surface area (Å²) in [5, 5.41) is 10.8. The Labute approximate surface area is 116 Å². The summed E-state index contributed by atoms with van der Waals surface area (Å²) < 4.78 is 5.53. The summed E-state index contributed by atoms with van der Waals surface area (Å²) in [6.45, 7) is 0.148. The first-order chi connectivity index (χ1) is 8.54. The van der Waals surface area contributed by atoms with Crippen molar-refractivity contribution in [3.8, 4) is 5.75 Å². The second-order valence-corrected chi connectivity index (χ2v) is 5.49. The van der Waals surface area contributed by atoms with E-state index < -0.39 is 5.60 Å². The van der Waals surface area contributed by atoms with Crippen molar-refractivity contribution in [3.05, 3.63) is 27.7 Å². The van der Waals surface area contributed by atoms with E-state index in [0.29, 0.717) is 29.7 Å². The van der Waals surface area contributed by atoms with Crippen LogP contribution in [0.25, 0.3) is 0 Å². The zero-order chi connectivity index (χ0) is 13.2. The Kier molecular flexibility index (Phi) is 4.15. The molecule has 1 fully saturated rings. The monoisotopic (exact) mass is 288 g/mol. The van der Waals surface area contributed by atoms with Crippen LogP contribution < -0.4 is 4.74 Å². The van der Waals surface area contributed by atoms with E-state index in [4.69, 9.17) is 27.9 Å². The molecule has 98 valence electrons. The van der Waals surface area contributed by atoms with Crippen LogP contribution in [-0.4, -0.2) is 23.6 Å². The molecule has 0 amide bonds. The summed E-state index contributed by atoms with van der Waals surface area (Å²) in [7, 11) is 0. The van der Waals surface area contributed by atoms with E-state index in [-0.39, 0.29) is 17.4 Å². The SMILES string of the molecule is O=Cc1cc(Cl)cc(Cl)c1OCC1(O)CCCC1. The molecule has 1 aliphatic rings. The fourth-order valence-electron chi connectivity index (χ4n) is 2.20. The fourth-order valence-corrected chi connectivity index (χ4v) is 2.77. The molecule has 0 unspecified atom stereocenters. The van der Waals surface area contributed by atoms with Gasteiger partial charge in [0.25, 0.3) is 0 Å². The molecular formula is C13H14Cl2O3. The highest BCUT2D eigenvalue weighted by Crippen LogP contribution is 2.34. The Hall–Kier alpha value is -0.770. The van der Waals surface area contributed by atoms with Crippen molar-refractivity contribution in [1.82, 2.24) is 0 Å². The van der Waals surface area contributed by atoms with Gasteiger partial charge in [0.1, 0.15) is 12.4 Å². The van der Waals surface area contributed by atoms with Crippen molar-refractivity contribution < 1.29 is 14.6 Å². The Bertz CT molecular complexity index is 454. The lowest BCUT2D eigenvalue weighted by atomic mass is 10.0. The lowest BCUT2D eigenvalue weighted by molar-refractivity contribution is 0.00126. The topological polar surface area (TPSA) is 46.5 Å². The molecule has 1 aromatic carbocycles. The van der Waals surface area contributed by atoms with Crippen LogP contribution >= 0.6 is 23.2 Å². The number of aldehydes is 1. The first kappa shape index (κ1) is 13.7. The van der Waals surface area contributed by atoms with E-state index in [2.05, 4.69) is 0 Å².